The van der Waals surface area contributed by atoms with Crippen molar-refractivity contribution >= 4 is 50.0 Å². The van der Waals surface area contributed by atoms with Crippen LogP contribution in [0.2, 0.25) is 0 Å². The Kier molecular flexibility index (Phi) is 11.7. The van der Waals surface area contributed by atoms with Crippen LogP contribution in [0.1, 0.15) is 76.5 Å². The molecule has 3 fully saturated rings. The number of carbonyl (C=O) groups is 3. The summed E-state index contributed by atoms with van der Waals surface area (Å²) < 4.78 is 44.2. The number of primary amides is 1. The summed E-state index contributed by atoms with van der Waals surface area (Å²) in [4.78, 5) is 49.7. The Hall–Kier alpha value is -4.08. The molecule has 2 aliphatic carbocycles. The van der Waals surface area contributed by atoms with E-state index in [1.165, 1.54) is 16.2 Å². The molecule has 286 valence electrons. The predicted molar refractivity (Wildman–Crippen MR) is 202 cm³/mol. The Balaban J connectivity index is 1.02. The molecule has 3 aromatic rings. The number of methoxy groups -OCH3 is 1. The highest BCUT2D eigenvalue weighted by molar-refractivity contribution is 7.90. The number of ether oxygens (including phenoxy) is 3. The van der Waals surface area contributed by atoms with E-state index in [1.54, 1.807) is 14.0 Å². The monoisotopic (exact) mass is 767 g/mol. The Bertz CT molecular complexity index is 1990. The molecule has 0 spiro atoms. The molecule has 5 unspecified atom stereocenters. The molecule has 3 N–H and O–H groups in total. The minimum Gasteiger partial charge on any atom is -0.496 e. The number of aromatic nitrogens is 2. The number of allylic oxidation sites excluding steroid dienone is 2. The predicted octanol–water partition coefficient (Wildman–Crippen LogP) is 4.87. The molecule has 3 heterocycles. The molecule has 1 aliphatic heterocycles. The molecule has 5 atom stereocenters. The van der Waals surface area contributed by atoms with Crippen molar-refractivity contribution in [2.24, 2.45) is 23.5 Å². The summed E-state index contributed by atoms with van der Waals surface area (Å²) in [6, 6.07) is 4.83. The van der Waals surface area contributed by atoms with Gasteiger partial charge in [-0.3, -0.25) is 19.1 Å². The molecule has 2 aromatic heterocycles. The minimum absolute atomic E-state index is 0.0531. The summed E-state index contributed by atoms with van der Waals surface area (Å²) in [6.45, 7) is 8.71. The van der Waals surface area contributed by atoms with Crippen LogP contribution in [0.4, 0.5) is 0 Å². The number of thiazole rings is 1. The van der Waals surface area contributed by atoms with Gasteiger partial charge in [-0.05, 0) is 63.0 Å². The maximum Gasteiger partial charge on any atom is 0.240 e. The number of nitrogens with one attached hydrogen (secondary N) is 1. The van der Waals surface area contributed by atoms with Gasteiger partial charge in [0.05, 0.1) is 42.6 Å². The molecule has 3 aliphatic rings. The van der Waals surface area contributed by atoms with Crippen molar-refractivity contribution in [3.8, 4) is 22.2 Å². The fourth-order valence-electron chi connectivity index (χ4n) is 6.65. The summed E-state index contributed by atoms with van der Waals surface area (Å²) in [7, 11) is -1.90. The van der Waals surface area contributed by atoms with E-state index in [1.807, 2.05) is 42.7 Å². The first-order valence-electron chi connectivity index (χ1n) is 18.3. The third-order valence-electron chi connectivity index (χ3n) is 10.1. The van der Waals surface area contributed by atoms with E-state index in [4.69, 9.17) is 29.9 Å². The van der Waals surface area contributed by atoms with E-state index in [0.29, 0.717) is 49.5 Å². The zero-order chi connectivity index (χ0) is 38.0. The molecule has 6 rings (SSSR count). The summed E-state index contributed by atoms with van der Waals surface area (Å²) >= 11 is 1.52. The van der Waals surface area contributed by atoms with Gasteiger partial charge in [0.25, 0.3) is 0 Å². The van der Waals surface area contributed by atoms with Crippen LogP contribution < -0.4 is 19.9 Å². The highest BCUT2D eigenvalue weighted by atomic mass is 32.2. The average Bonchev–Trinajstić information content (AvgIpc) is 4.03. The van der Waals surface area contributed by atoms with Crippen LogP contribution in [-0.4, -0.2) is 85.3 Å². The first kappa shape index (κ1) is 38.6. The fourth-order valence-corrected chi connectivity index (χ4v) is 8.94. The van der Waals surface area contributed by atoms with Crippen LogP contribution in [0.15, 0.2) is 35.7 Å². The van der Waals surface area contributed by atoms with Crippen LogP contribution in [0.3, 0.4) is 0 Å². The van der Waals surface area contributed by atoms with Crippen molar-refractivity contribution in [1.29, 1.82) is 0 Å². The molecule has 3 amide bonds. The van der Waals surface area contributed by atoms with E-state index in [2.05, 4.69) is 18.6 Å². The van der Waals surface area contributed by atoms with E-state index in [0.717, 1.165) is 33.6 Å². The summed E-state index contributed by atoms with van der Waals surface area (Å²) in [5.74, 6) is -0.430. The highest BCUT2D eigenvalue weighted by Crippen LogP contribution is 2.41. The van der Waals surface area contributed by atoms with Gasteiger partial charge in [0.2, 0.25) is 27.7 Å². The molecule has 1 saturated heterocycles. The van der Waals surface area contributed by atoms with Crippen molar-refractivity contribution in [1.82, 2.24) is 19.6 Å². The summed E-state index contributed by atoms with van der Waals surface area (Å²) in [6.07, 6.45) is 7.03. The van der Waals surface area contributed by atoms with Crippen molar-refractivity contribution in [2.75, 3.05) is 26.9 Å². The number of amides is 3. The van der Waals surface area contributed by atoms with E-state index in [-0.39, 0.29) is 43.2 Å². The third-order valence-corrected chi connectivity index (χ3v) is 12.8. The Morgan fingerprint density at radius 1 is 1.13 bits per heavy atom. The van der Waals surface area contributed by atoms with Gasteiger partial charge < -0.3 is 24.8 Å². The summed E-state index contributed by atoms with van der Waals surface area (Å²) in [5.41, 5.74) is 9.04. The maximum absolute atomic E-state index is 13.6. The molecule has 0 radical (unpaired) electrons. The number of fused-ring (bicyclic) bond motifs is 1. The largest absolute Gasteiger partial charge is 0.496 e. The van der Waals surface area contributed by atoms with E-state index in [9.17, 15) is 22.8 Å². The minimum atomic E-state index is -3.52. The van der Waals surface area contributed by atoms with Gasteiger partial charge in [-0.2, -0.15) is 0 Å². The van der Waals surface area contributed by atoms with Gasteiger partial charge in [0.1, 0.15) is 34.3 Å². The molecule has 1 aromatic carbocycles. The first-order chi connectivity index (χ1) is 25.3. The number of sulfonamides is 1. The number of pyridine rings is 1. The second kappa shape index (κ2) is 16.1. The molecular formula is C38H49N5O8S2. The number of benzene rings is 1. The SMILES string of the molecule is COc1ccc2c(OC3CC(C(N)=O)N(C(=O)C(C)COCCCC=CC4CC4C(=O)NS(=O)(=O)C4CC4)C3)cc(-c3nc(C(C)C)cs3)nc2c1C. The van der Waals surface area contributed by atoms with Crippen LogP contribution in [0, 0.1) is 24.7 Å². The van der Waals surface area contributed by atoms with Crippen LogP contribution in [-0.2, 0) is 29.1 Å². The highest BCUT2D eigenvalue weighted by Gasteiger charge is 2.45. The van der Waals surface area contributed by atoms with Crippen molar-refractivity contribution < 1.29 is 37.0 Å². The normalized spacial score (nSPS) is 22.0. The smallest absolute Gasteiger partial charge is 0.240 e. The van der Waals surface area contributed by atoms with Crippen molar-refractivity contribution in [2.45, 2.75) is 89.5 Å². The molecule has 53 heavy (non-hydrogen) atoms. The third kappa shape index (κ3) is 9.01. The lowest BCUT2D eigenvalue weighted by Crippen LogP contribution is -2.46. The second-order valence-electron chi connectivity index (χ2n) is 14.7. The van der Waals surface area contributed by atoms with Gasteiger partial charge in [0.15, 0.2) is 0 Å². The van der Waals surface area contributed by atoms with Crippen LogP contribution >= 0.6 is 11.3 Å². The maximum atomic E-state index is 13.6. The Labute approximate surface area is 314 Å². The van der Waals surface area contributed by atoms with Crippen molar-refractivity contribution in [3.05, 3.63) is 47.0 Å². The Morgan fingerprint density at radius 3 is 2.58 bits per heavy atom. The van der Waals surface area contributed by atoms with Gasteiger partial charge in [0, 0.05) is 41.3 Å². The van der Waals surface area contributed by atoms with Crippen molar-refractivity contribution in [3.63, 3.8) is 0 Å². The number of aryl methyl sites for hydroxylation is 1. The molecule has 15 heteroatoms. The van der Waals surface area contributed by atoms with E-state index >= 15 is 0 Å². The number of unbranched alkanes of at least 4 members (excludes halogenated alkanes) is 1. The molecule has 13 nitrogen and oxygen atoms in total. The van der Waals surface area contributed by atoms with Gasteiger partial charge in [-0.15, -0.1) is 11.3 Å². The van der Waals surface area contributed by atoms with E-state index < -0.39 is 45.2 Å². The number of carbonyl (C=O) groups excluding carboxylic acids is 3. The molecular weight excluding hydrogens is 719 g/mol. The molecule has 0 bridgehead atoms. The molecule has 2 saturated carbocycles. The quantitative estimate of drug-likeness (QED) is 0.142. The number of rotatable bonds is 17. The van der Waals surface area contributed by atoms with Gasteiger partial charge >= 0.3 is 0 Å². The number of nitrogens with zero attached hydrogens (tertiary/aromatic N) is 3. The van der Waals surface area contributed by atoms with Crippen LogP contribution in [0.5, 0.6) is 11.5 Å². The topological polar surface area (TPSA) is 180 Å². The Morgan fingerprint density at radius 2 is 1.91 bits per heavy atom. The fraction of sp³-hybridized carbons (Fsp3) is 0.553. The lowest BCUT2D eigenvalue weighted by Gasteiger charge is -2.25. The standard InChI is InChI=1S/C38H49N5O8S2/c1-21(2)30-20-52-37(41-30)29-17-33(27-12-13-32(49-5)23(4)34(27)40-29)51-25-16-31(35(39)44)43(18-25)38(46)22(3)19-50-14-8-6-7-9-24-15-28(24)36(45)42-53(47,48)26-10-11-26/h7,9,12-13,17,20-22,24-26,28,31H,6,8,10-11,14-16,18-19H2,1-5H3,(H2,39,44)(H,42,45). The lowest BCUT2D eigenvalue weighted by molar-refractivity contribution is -0.142. The summed E-state index contributed by atoms with van der Waals surface area (Å²) in [5, 5.41) is 3.17. The first-order valence-corrected chi connectivity index (χ1v) is 20.7. The zero-order valence-electron chi connectivity index (χ0n) is 30.9. The average molecular weight is 768 g/mol. The number of hydrogen-bond acceptors (Lipinski definition) is 11. The number of nitrogens with two attached hydrogens (primary N) is 1. The second-order valence-corrected chi connectivity index (χ2v) is 17.5. The van der Waals surface area contributed by atoms with Gasteiger partial charge in [-0.25, -0.2) is 18.4 Å². The number of hydrogen-bond donors (Lipinski definition) is 2. The van der Waals surface area contributed by atoms with Crippen LogP contribution in [0.25, 0.3) is 21.6 Å². The van der Waals surface area contributed by atoms with Gasteiger partial charge in [-0.1, -0.05) is 32.9 Å². The lowest BCUT2D eigenvalue weighted by atomic mass is 10.1. The zero-order valence-corrected chi connectivity index (χ0v) is 32.5. The number of likely N-dealkylation sites (tertiary alicyclic amines) is 1.